The summed E-state index contributed by atoms with van der Waals surface area (Å²) in [5.41, 5.74) is 0.0902. The Morgan fingerprint density at radius 3 is 2.81 bits per heavy atom. The smallest absolute Gasteiger partial charge is 0.224 e. The molecule has 1 N–H and O–H groups in total. The van der Waals surface area contributed by atoms with Crippen molar-refractivity contribution in [2.24, 2.45) is 17.8 Å². The van der Waals surface area contributed by atoms with Gasteiger partial charge in [0.25, 0.3) is 0 Å². The van der Waals surface area contributed by atoms with Crippen LogP contribution in [0.3, 0.4) is 0 Å². The third-order valence-corrected chi connectivity index (χ3v) is 7.18. The first kappa shape index (κ1) is 16.6. The number of hydrogen-bond acceptors (Lipinski definition) is 3. The van der Waals surface area contributed by atoms with Crippen molar-refractivity contribution < 1.29 is 14.3 Å². The molecule has 0 saturated heterocycles. The zero-order valence-corrected chi connectivity index (χ0v) is 15.6. The van der Waals surface area contributed by atoms with Crippen molar-refractivity contribution in [3.05, 3.63) is 28.8 Å². The maximum atomic E-state index is 12.8. The number of benzene rings is 1. The summed E-state index contributed by atoms with van der Waals surface area (Å²) >= 11 is 6.03. The molecule has 0 unspecified atom stereocenters. The third kappa shape index (κ3) is 2.57. The average molecular weight is 374 g/mol. The van der Waals surface area contributed by atoms with E-state index < -0.39 is 5.60 Å². The summed E-state index contributed by atoms with van der Waals surface area (Å²) in [7, 11) is 0. The zero-order chi connectivity index (χ0) is 17.9. The van der Waals surface area contributed by atoms with Gasteiger partial charge in [0, 0.05) is 22.9 Å². The van der Waals surface area contributed by atoms with Crippen molar-refractivity contribution in [2.45, 2.75) is 63.0 Å². The fourth-order valence-electron chi connectivity index (χ4n) is 5.69. The lowest BCUT2D eigenvalue weighted by Crippen LogP contribution is -2.45. The van der Waals surface area contributed by atoms with Crippen LogP contribution in [-0.2, 0) is 4.79 Å². The molecule has 5 rings (SSSR count). The van der Waals surface area contributed by atoms with E-state index in [9.17, 15) is 9.59 Å². The summed E-state index contributed by atoms with van der Waals surface area (Å²) in [4.78, 5) is 25.5. The van der Waals surface area contributed by atoms with Crippen LogP contribution in [0.2, 0.25) is 5.02 Å². The molecule has 0 aromatic heterocycles. The summed E-state index contributed by atoms with van der Waals surface area (Å²) in [5.74, 6) is 1.48. The Labute approximate surface area is 158 Å². The van der Waals surface area contributed by atoms with Crippen LogP contribution in [0.5, 0.6) is 5.75 Å². The largest absolute Gasteiger partial charge is 0.486 e. The molecule has 1 aromatic rings. The van der Waals surface area contributed by atoms with E-state index in [1.165, 1.54) is 19.3 Å². The molecule has 1 amide bonds. The summed E-state index contributed by atoms with van der Waals surface area (Å²) in [6.07, 6.45) is 8.11. The number of carbonyl (C=O) groups is 2. The van der Waals surface area contributed by atoms with Gasteiger partial charge < -0.3 is 10.1 Å². The average Bonchev–Trinajstić information content (AvgIpc) is 3.28. The number of amides is 1. The summed E-state index contributed by atoms with van der Waals surface area (Å²) in [6.45, 7) is 0. The second-order valence-electron chi connectivity index (χ2n) is 8.50. The lowest BCUT2D eigenvalue weighted by atomic mass is 9.84. The predicted octanol–water partition coefficient (Wildman–Crippen LogP) is 4.15. The van der Waals surface area contributed by atoms with Crippen molar-refractivity contribution in [3.8, 4) is 5.75 Å². The number of nitrogens with one attached hydrogen (secondary N) is 1. The highest BCUT2D eigenvalue weighted by Crippen LogP contribution is 2.65. The van der Waals surface area contributed by atoms with E-state index in [1.807, 2.05) is 0 Å². The van der Waals surface area contributed by atoms with Crippen molar-refractivity contribution in [1.29, 1.82) is 0 Å². The first-order valence-corrected chi connectivity index (χ1v) is 10.3. The van der Waals surface area contributed by atoms with Crippen LogP contribution < -0.4 is 10.1 Å². The Morgan fingerprint density at radius 2 is 2.00 bits per heavy atom. The van der Waals surface area contributed by atoms with Gasteiger partial charge in [-0.05, 0) is 49.8 Å². The zero-order valence-electron chi connectivity index (χ0n) is 14.8. The van der Waals surface area contributed by atoms with Crippen LogP contribution in [0, 0.1) is 17.8 Å². The normalized spacial score (nSPS) is 35.6. The Balaban J connectivity index is 1.33. The van der Waals surface area contributed by atoms with Gasteiger partial charge in [0.15, 0.2) is 5.78 Å². The predicted molar refractivity (Wildman–Crippen MR) is 98.5 cm³/mol. The quantitative estimate of drug-likeness (QED) is 0.847. The minimum Gasteiger partial charge on any atom is -0.486 e. The molecular weight excluding hydrogens is 350 g/mol. The maximum absolute atomic E-state index is 12.8. The topological polar surface area (TPSA) is 55.4 Å². The first-order chi connectivity index (χ1) is 12.6. The molecule has 1 spiro atoms. The van der Waals surface area contributed by atoms with Crippen LogP contribution >= 0.6 is 11.6 Å². The Morgan fingerprint density at radius 1 is 1.19 bits per heavy atom. The molecule has 138 valence electrons. The van der Waals surface area contributed by atoms with Gasteiger partial charge in [-0.1, -0.05) is 30.9 Å². The Hall–Kier alpha value is -1.55. The van der Waals surface area contributed by atoms with Crippen LogP contribution in [0.15, 0.2) is 18.2 Å². The van der Waals surface area contributed by atoms with Crippen LogP contribution in [0.4, 0.5) is 0 Å². The standard InChI is InChI=1S/C21H24ClNO3/c22-12-6-7-17-15(10-12)16(24)11-21(26-17)9-8-14-18(19(14)21)20(25)23-13-4-2-1-3-5-13/h6-7,10,13-14,18-19H,1-5,8-9,11H2,(H,23,25)/t14-,18-,19-,21-/m1/s1. The van der Waals surface area contributed by atoms with Crippen LogP contribution in [0.25, 0.3) is 0 Å². The molecule has 5 heteroatoms. The van der Waals surface area contributed by atoms with Gasteiger partial charge in [-0.15, -0.1) is 0 Å². The molecule has 3 aliphatic carbocycles. The van der Waals surface area contributed by atoms with Gasteiger partial charge in [-0.3, -0.25) is 9.59 Å². The number of ketones is 1. The van der Waals surface area contributed by atoms with Crippen molar-refractivity contribution >= 4 is 23.3 Å². The molecule has 0 bridgehead atoms. The van der Waals surface area contributed by atoms with E-state index in [4.69, 9.17) is 16.3 Å². The monoisotopic (exact) mass is 373 g/mol. The lowest BCUT2D eigenvalue weighted by Gasteiger charge is -2.37. The fourth-order valence-corrected chi connectivity index (χ4v) is 5.86. The van der Waals surface area contributed by atoms with E-state index in [0.717, 1.165) is 25.7 Å². The molecule has 4 aliphatic rings. The summed E-state index contributed by atoms with van der Waals surface area (Å²) < 4.78 is 6.37. The van der Waals surface area contributed by atoms with Gasteiger partial charge in [0.2, 0.25) is 5.91 Å². The van der Waals surface area contributed by atoms with Crippen molar-refractivity contribution in [2.75, 3.05) is 0 Å². The maximum Gasteiger partial charge on any atom is 0.224 e. The molecule has 4 atom stereocenters. The van der Waals surface area contributed by atoms with Gasteiger partial charge >= 0.3 is 0 Å². The SMILES string of the molecule is O=C1C[C@@]2(CC[C@@H]3[C@@H](C(=O)NC4CCCCC4)[C@@H]32)Oc2ccc(Cl)cc21. The Bertz CT molecular complexity index is 773. The van der Waals surface area contributed by atoms with Gasteiger partial charge in [-0.25, -0.2) is 0 Å². The van der Waals surface area contributed by atoms with Crippen molar-refractivity contribution in [3.63, 3.8) is 0 Å². The van der Waals surface area contributed by atoms with Gasteiger partial charge in [0.05, 0.1) is 12.0 Å². The Kier molecular flexibility index (Phi) is 3.82. The molecular formula is C21H24ClNO3. The van der Waals surface area contributed by atoms with E-state index >= 15 is 0 Å². The molecule has 0 radical (unpaired) electrons. The molecule has 1 aliphatic heterocycles. The number of carbonyl (C=O) groups excluding carboxylic acids is 2. The number of ether oxygens (including phenoxy) is 1. The highest BCUT2D eigenvalue weighted by Gasteiger charge is 2.70. The van der Waals surface area contributed by atoms with E-state index in [2.05, 4.69) is 5.32 Å². The van der Waals surface area contributed by atoms with E-state index in [0.29, 0.717) is 34.7 Å². The lowest BCUT2D eigenvalue weighted by molar-refractivity contribution is -0.125. The second kappa shape index (κ2) is 5.98. The van der Waals surface area contributed by atoms with Crippen LogP contribution in [0.1, 0.15) is 61.7 Å². The summed E-state index contributed by atoms with van der Waals surface area (Å²) in [6, 6.07) is 5.59. The van der Waals surface area contributed by atoms with Gasteiger partial charge in [0.1, 0.15) is 11.4 Å². The number of hydrogen-bond donors (Lipinski definition) is 1. The second-order valence-corrected chi connectivity index (χ2v) is 8.94. The summed E-state index contributed by atoms with van der Waals surface area (Å²) in [5, 5.41) is 3.83. The number of rotatable bonds is 2. The molecule has 3 saturated carbocycles. The molecule has 3 fully saturated rings. The number of fused-ring (bicyclic) bond motifs is 3. The molecule has 1 aromatic carbocycles. The van der Waals surface area contributed by atoms with Crippen molar-refractivity contribution in [1.82, 2.24) is 5.32 Å². The highest BCUT2D eigenvalue weighted by molar-refractivity contribution is 6.31. The number of Topliss-reactive ketones (excluding diaryl/α,β-unsaturated/α-hetero) is 1. The molecule has 26 heavy (non-hydrogen) atoms. The number of halogens is 1. The van der Waals surface area contributed by atoms with E-state index in [-0.39, 0.29) is 23.5 Å². The third-order valence-electron chi connectivity index (χ3n) is 6.95. The van der Waals surface area contributed by atoms with Gasteiger partial charge in [-0.2, -0.15) is 0 Å². The first-order valence-electron chi connectivity index (χ1n) is 9.89. The fraction of sp³-hybridized carbons (Fsp3) is 0.619. The minimum atomic E-state index is -0.489. The molecule has 1 heterocycles. The molecule has 4 nitrogen and oxygen atoms in total. The van der Waals surface area contributed by atoms with E-state index in [1.54, 1.807) is 18.2 Å². The van der Waals surface area contributed by atoms with Crippen LogP contribution in [-0.4, -0.2) is 23.3 Å². The highest BCUT2D eigenvalue weighted by atomic mass is 35.5. The minimum absolute atomic E-state index is 0.0207.